The minimum Gasteiger partial charge on any atom is -0.489 e. The summed E-state index contributed by atoms with van der Waals surface area (Å²) in [5.74, 6) is 0.134. The van der Waals surface area contributed by atoms with Crippen molar-refractivity contribution >= 4 is 21.6 Å². The molecule has 0 atom stereocenters. The minimum absolute atomic E-state index is 0.0959. The van der Waals surface area contributed by atoms with E-state index in [1.807, 2.05) is 62.7 Å². The Labute approximate surface area is 208 Å². The highest BCUT2D eigenvalue weighted by atomic mass is 32.2. The monoisotopic (exact) mass is 498 g/mol. The van der Waals surface area contributed by atoms with Gasteiger partial charge in [0.25, 0.3) is 0 Å². The van der Waals surface area contributed by atoms with Crippen molar-refractivity contribution in [1.29, 1.82) is 0 Å². The van der Waals surface area contributed by atoms with E-state index in [1.54, 1.807) is 19.9 Å². The zero-order chi connectivity index (χ0) is 25.8. The summed E-state index contributed by atoms with van der Waals surface area (Å²) in [5, 5.41) is 7.48. The maximum atomic E-state index is 13.1. The molecule has 0 bridgehead atoms. The lowest BCUT2D eigenvalue weighted by Gasteiger charge is -2.20. The number of aromatic nitrogens is 2. The van der Waals surface area contributed by atoms with Gasteiger partial charge < -0.3 is 10.1 Å². The van der Waals surface area contributed by atoms with Gasteiger partial charge in [0, 0.05) is 24.3 Å². The molecule has 1 aromatic heterocycles. The highest BCUT2D eigenvalue weighted by molar-refractivity contribution is 7.89. The number of nitrogens with one attached hydrogen (secondary N) is 1. The van der Waals surface area contributed by atoms with Crippen LogP contribution in [-0.2, 0) is 21.2 Å². The molecule has 2 aromatic carbocycles. The van der Waals surface area contributed by atoms with Crippen LogP contribution < -0.4 is 10.1 Å². The molecule has 0 saturated heterocycles. The molecule has 3 aromatic rings. The summed E-state index contributed by atoms with van der Waals surface area (Å²) < 4.78 is 35.1. The van der Waals surface area contributed by atoms with Gasteiger partial charge in [0.05, 0.1) is 34.5 Å². The van der Waals surface area contributed by atoms with Crippen molar-refractivity contribution < 1.29 is 17.9 Å². The van der Waals surface area contributed by atoms with Gasteiger partial charge in [0.2, 0.25) is 15.9 Å². The van der Waals surface area contributed by atoms with Crippen LogP contribution in [-0.4, -0.2) is 47.6 Å². The first-order valence-corrected chi connectivity index (χ1v) is 13.2. The van der Waals surface area contributed by atoms with Gasteiger partial charge in [0.15, 0.2) is 0 Å². The molecule has 1 N–H and O–H groups in total. The van der Waals surface area contributed by atoms with Crippen LogP contribution in [0.15, 0.2) is 53.4 Å². The molecule has 188 valence electrons. The lowest BCUT2D eigenvalue weighted by atomic mass is 10.1. The molecule has 1 amide bonds. The molecule has 1 heterocycles. The first-order valence-electron chi connectivity index (χ1n) is 11.8. The molecule has 8 nitrogen and oxygen atoms in total. The Morgan fingerprint density at radius 1 is 1.09 bits per heavy atom. The van der Waals surface area contributed by atoms with Gasteiger partial charge in [-0.15, -0.1) is 0 Å². The van der Waals surface area contributed by atoms with Crippen LogP contribution in [0.1, 0.15) is 44.6 Å². The van der Waals surface area contributed by atoms with Gasteiger partial charge in [-0.05, 0) is 58.0 Å². The molecule has 9 heteroatoms. The number of hydrogen-bond acceptors (Lipinski definition) is 5. The third kappa shape index (κ3) is 5.91. The molecule has 3 rings (SSSR count). The van der Waals surface area contributed by atoms with Crippen molar-refractivity contribution in [3.05, 3.63) is 65.5 Å². The van der Waals surface area contributed by atoms with Gasteiger partial charge in [-0.2, -0.15) is 9.40 Å². The highest BCUT2D eigenvalue weighted by Crippen LogP contribution is 2.30. The highest BCUT2D eigenvalue weighted by Gasteiger charge is 2.24. The smallest absolute Gasteiger partial charge is 0.243 e. The van der Waals surface area contributed by atoms with Gasteiger partial charge in [-0.25, -0.2) is 13.1 Å². The van der Waals surface area contributed by atoms with Gasteiger partial charge in [-0.3, -0.25) is 4.79 Å². The van der Waals surface area contributed by atoms with Gasteiger partial charge in [-0.1, -0.05) is 32.0 Å². The van der Waals surface area contributed by atoms with E-state index in [4.69, 9.17) is 4.74 Å². The number of amides is 1. The fraction of sp³-hybridized carbons (Fsp3) is 0.385. The first kappa shape index (κ1) is 26.4. The van der Waals surface area contributed by atoms with E-state index in [0.29, 0.717) is 24.5 Å². The molecule has 0 aliphatic carbocycles. The Morgan fingerprint density at radius 3 is 2.34 bits per heavy atom. The molecule has 0 unspecified atom stereocenters. The molecule has 0 fully saturated rings. The Bertz CT molecular complexity index is 1280. The number of carbonyl (C=O) groups excluding carboxylic acids is 1. The molecule has 0 spiro atoms. The standard InChI is InChI=1S/C26H34N4O4S/c1-7-29(8-2)35(32,33)22-14-15-25(34-18(3)4)24(16-22)27-26(31)17-23-19(5)28-30(20(23)6)21-12-10-9-11-13-21/h9-16,18H,7-8,17H2,1-6H3,(H,27,31). The maximum absolute atomic E-state index is 13.1. The van der Waals surface area contributed by atoms with Crippen LogP contribution >= 0.6 is 0 Å². The Balaban J connectivity index is 1.91. The number of ether oxygens (including phenoxy) is 1. The maximum Gasteiger partial charge on any atom is 0.243 e. The second-order valence-electron chi connectivity index (χ2n) is 8.54. The van der Waals surface area contributed by atoms with Gasteiger partial charge in [0.1, 0.15) is 5.75 Å². The quantitative estimate of drug-likeness (QED) is 0.445. The molecule has 0 aliphatic heterocycles. The zero-order valence-corrected chi connectivity index (χ0v) is 22.0. The number of sulfonamides is 1. The number of aryl methyl sites for hydroxylation is 1. The van der Waals surface area contributed by atoms with Crippen LogP contribution in [0.25, 0.3) is 5.69 Å². The summed E-state index contributed by atoms with van der Waals surface area (Å²) in [6.45, 7) is 11.8. The van der Waals surface area contributed by atoms with Crippen molar-refractivity contribution in [3.8, 4) is 11.4 Å². The van der Waals surface area contributed by atoms with E-state index in [0.717, 1.165) is 22.6 Å². The van der Waals surface area contributed by atoms with E-state index < -0.39 is 10.0 Å². The van der Waals surface area contributed by atoms with Crippen molar-refractivity contribution in [2.24, 2.45) is 0 Å². The van der Waals surface area contributed by atoms with Crippen LogP contribution in [0.3, 0.4) is 0 Å². The van der Waals surface area contributed by atoms with E-state index in [2.05, 4.69) is 10.4 Å². The van der Waals surface area contributed by atoms with Crippen LogP contribution in [0, 0.1) is 13.8 Å². The predicted molar refractivity (Wildman–Crippen MR) is 138 cm³/mol. The summed E-state index contributed by atoms with van der Waals surface area (Å²) in [6, 6.07) is 14.3. The number of hydrogen-bond donors (Lipinski definition) is 1. The topological polar surface area (TPSA) is 93.5 Å². The second kappa shape index (κ2) is 11.0. The number of carbonyl (C=O) groups is 1. The van der Waals surface area contributed by atoms with Crippen molar-refractivity contribution in [1.82, 2.24) is 14.1 Å². The summed E-state index contributed by atoms with van der Waals surface area (Å²) >= 11 is 0. The van der Waals surface area contributed by atoms with Crippen LogP contribution in [0.4, 0.5) is 5.69 Å². The fourth-order valence-corrected chi connectivity index (χ4v) is 5.43. The lowest BCUT2D eigenvalue weighted by Crippen LogP contribution is -2.30. The predicted octanol–water partition coefficient (Wildman–Crippen LogP) is 4.49. The minimum atomic E-state index is -3.69. The second-order valence-corrected chi connectivity index (χ2v) is 10.5. The normalized spacial score (nSPS) is 11.8. The van der Waals surface area contributed by atoms with E-state index in [9.17, 15) is 13.2 Å². The van der Waals surface area contributed by atoms with E-state index in [1.165, 1.54) is 16.4 Å². The van der Waals surface area contributed by atoms with Crippen LogP contribution in [0.5, 0.6) is 5.75 Å². The average molecular weight is 499 g/mol. The van der Waals surface area contributed by atoms with Gasteiger partial charge >= 0.3 is 0 Å². The Hall–Kier alpha value is -3.17. The SMILES string of the molecule is CCN(CC)S(=O)(=O)c1ccc(OC(C)C)c(NC(=O)Cc2c(C)nn(-c3ccccc3)c2C)c1. The lowest BCUT2D eigenvalue weighted by molar-refractivity contribution is -0.115. The fourth-order valence-electron chi connectivity index (χ4n) is 3.94. The summed E-state index contributed by atoms with van der Waals surface area (Å²) in [5.41, 5.74) is 3.70. The molecule has 0 saturated carbocycles. The largest absolute Gasteiger partial charge is 0.489 e. The van der Waals surface area contributed by atoms with E-state index in [-0.39, 0.29) is 23.3 Å². The molecule has 0 aliphatic rings. The van der Waals surface area contributed by atoms with Crippen molar-refractivity contribution in [2.75, 3.05) is 18.4 Å². The Morgan fingerprint density at radius 2 is 1.74 bits per heavy atom. The molecular weight excluding hydrogens is 464 g/mol. The molecule has 35 heavy (non-hydrogen) atoms. The third-order valence-corrected chi connectivity index (χ3v) is 7.76. The van der Waals surface area contributed by atoms with Crippen molar-refractivity contribution in [3.63, 3.8) is 0 Å². The number of anilines is 1. The summed E-state index contributed by atoms with van der Waals surface area (Å²) in [7, 11) is -3.69. The Kier molecular flexibility index (Phi) is 8.34. The number of rotatable bonds is 10. The number of benzene rings is 2. The van der Waals surface area contributed by atoms with E-state index >= 15 is 0 Å². The molecular formula is C26H34N4O4S. The van der Waals surface area contributed by atoms with Crippen LogP contribution in [0.2, 0.25) is 0 Å². The van der Waals surface area contributed by atoms with Crippen molar-refractivity contribution in [2.45, 2.75) is 59.0 Å². The number of para-hydroxylation sites is 1. The first-order chi connectivity index (χ1) is 16.6. The molecule has 0 radical (unpaired) electrons. The average Bonchev–Trinajstić information content (AvgIpc) is 3.09. The zero-order valence-electron chi connectivity index (χ0n) is 21.2. The third-order valence-electron chi connectivity index (χ3n) is 5.71. The number of nitrogens with zero attached hydrogens (tertiary/aromatic N) is 3. The summed E-state index contributed by atoms with van der Waals surface area (Å²) in [4.78, 5) is 13.2. The summed E-state index contributed by atoms with van der Waals surface area (Å²) in [6.07, 6.45) is -0.0528.